The van der Waals surface area contributed by atoms with Crippen LogP contribution < -0.4 is 5.73 Å². The third-order valence-electron chi connectivity index (χ3n) is 2.07. The highest BCUT2D eigenvalue weighted by molar-refractivity contribution is 9.10. The maximum Gasteiger partial charge on any atom is 0.170 e. The summed E-state index contributed by atoms with van der Waals surface area (Å²) < 4.78 is 6.05. The van der Waals surface area contributed by atoms with E-state index in [0.717, 1.165) is 22.2 Å². The molecule has 0 aromatic carbocycles. The molecule has 2 rings (SSSR count). The van der Waals surface area contributed by atoms with E-state index in [1.807, 2.05) is 19.1 Å². The Bertz CT molecular complexity index is 481. The van der Waals surface area contributed by atoms with Gasteiger partial charge in [0.25, 0.3) is 0 Å². The van der Waals surface area contributed by atoms with E-state index in [4.69, 9.17) is 10.3 Å². The minimum atomic E-state index is 0.442. The van der Waals surface area contributed by atoms with Gasteiger partial charge < -0.3 is 10.3 Å². The van der Waals surface area contributed by atoms with Gasteiger partial charge in [0.05, 0.1) is 11.3 Å². The normalized spacial score (nSPS) is 10.5. The summed E-state index contributed by atoms with van der Waals surface area (Å²) in [5.74, 6) is 1.09. The Morgan fingerprint density at radius 3 is 2.93 bits per heavy atom. The summed E-state index contributed by atoms with van der Waals surface area (Å²) in [4.78, 5) is 4.03. The maximum absolute atomic E-state index is 5.75. The van der Waals surface area contributed by atoms with Crippen molar-refractivity contribution in [2.45, 2.75) is 13.3 Å². The lowest BCUT2D eigenvalue weighted by atomic mass is 10.2. The van der Waals surface area contributed by atoms with E-state index in [1.54, 1.807) is 6.20 Å². The minimum Gasteiger partial charge on any atom is -0.383 e. The fourth-order valence-electron chi connectivity index (χ4n) is 1.25. The summed E-state index contributed by atoms with van der Waals surface area (Å²) in [6, 6.07) is 3.74. The average Bonchev–Trinajstić information content (AvgIpc) is 2.70. The van der Waals surface area contributed by atoms with Crippen molar-refractivity contribution in [3.63, 3.8) is 0 Å². The van der Waals surface area contributed by atoms with Crippen molar-refractivity contribution in [1.82, 2.24) is 10.1 Å². The predicted octanol–water partition coefficient (Wildman–Crippen LogP) is 2.64. The number of hydrogen-bond acceptors (Lipinski definition) is 4. The van der Waals surface area contributed by atoms with Crippen LogP contribution in [0.3, 0.4) is 0 Å². The first-order valence-electron chi connectivity index (χ1n) is 4.57. The summed E-state index contributed by atoms with van der Waals surface area (Å²) in [7, 11) is 0. The molecular formula is C10H10BrN3O. The van der Waals surface area contributed by atoms with Crippen LogP contribution in [0, 0.1) is 0 Å². The van der Waals surface area contributed by atoms with E-state index in [9.17, 15) is 0 Å². The van der Waals surface area contributed by atoms with Crippen LogP contribution in [0.2, 0.25) is 0 Å². The van der Waals surface area contributed by atoms with E-state index < -0.39 is 0 Å². The second-order valence-electron chi connectivity index (χ2n) is 3.12. The summed E-state index contributed by atoms with van der Waals surface area (Å²) in [6.45, 7) is 2.02. The van der Waals surface area contributed by atoms with Gasteiger partial charge in [-0.1, -0.05) is 12.1 Å². The first-order valence-corrected chi connectivity index (χ1v) is 5.37. The highest BCUT2D eigenvalue weighted by atomic mass is 79.9. The summed E-state index contributed by atoms with van der Waals surface area (Å²) in [6.07, 6.45) is 2.49. The Balaban J connectivity index is 2.48. The molecule has 0 aliphatic rings. The van der Waals surface area contributed by atoms with Crippen LogP contribution in [0.25, 0.3) is 11.3 Å². The highest BCUT2D eigenvalue weighted by Crippen LogP contribution is 2.27. The SMILES string of the molecule is CCc1cc(-c2cc(Br)cnc2N)on1. The van der Waals surface area contributed by atoms with Crippen LogP contribution >= 0.6 is 15.9 Å². The van der Waals surface area contributed by atoms with E-state index in [0.29, 0.717) is 11.6 Å². The summed E-state index contributed by atoms with van der Waals surface area (Å²) in [5, 5.41) is 3.91. The molecule has 0 saturated heterocycles. The molecule has 0 radical (unpaired) electrons. The van der Waals surface area contributed by atoms with Crippen LogP contribution in [0.15, 0.2) is 27.3 Å². The molecule has 78 valence electrons. The van der Waals surface area contributed by atoms with Crippen LogP contribution in [0.4, 0.5) is 5.82 Å². The average molecular weight is 268 g/mol. The largest absolute Gasteiger partial charge is 0.383 e. The van der Waals surface area contributed by atoms with E-state index in [2.05, 4.69) is 26.1 Å². The number of halogens is 1. The zero-order valence-electron chi connectivity index (χ0n) is 8.20. The van der Waals surface area contributed by atoms with Crippen molar-refractivity contribution in [2.24, 2.45) is 0 Å². The number of pyridine rings is 1. The monoisotopic (exact) mass is 267 g/mol. The molecule has 0 fully saturated rings. The standard InChI is InChI=1S/C10H10BrN3O/c1-2-7-4-9(15-14-7)8-3-6(11)5-13-10(8)12/h3-5H,2H2,1H3,(H2,12,13). The van der Waals surface area contributed by atoms with Crippen LogP contribution in [0.1, 0.15) is 12.6 Å². The van der Waals surface area contributed by atoms with Crippen LogP contribution in [-0.2, 0) is 6.42 Å². The van der Waals surface area contributed by atoms with Gasteiger partial charge in [-0.05, 0) is 28.4 Å². The Hall–Kier alpha value is -1.36. The fraction of sp³-hybridized carbons (Fsp3) is 0.200. The highest BCUT2D eigenvalue weighted by Gasteiger charge is 2.10. The van der Waals surface area contributed by atoms with E-state index in [1.165, 1.54) is 0 Å². The van der Waals surface area contributed by atoms with Crippen molar-refractivity contribution in [2.75, 3.05) is 5.73 Å². The quantitative estimate of drug-likeness (QED) is 0.909. The van der Waals surface area contributed by atoms with Gasteiger partial charge >= 0.3 is 0 Å². The first kappa shape index (κ1) is 10.2. The van der Waals surface area contributed by atoms with Crippen molar-refractivity contribution >= 4 is 21.7 Å². The molecule has 4 nitrogen and oxygen atoms in total. The summed E-state index contributed by atoms with van der Waals surface area (Å²) >= 11 is 3.34. The summed E-state index contributed by atoms with van der Waals surface area (Å²) in [5.41, 5.74) is 7.42. The van der Waals surface area contributed by atoms with Gasteiger partial charge in [0.15, 0.2) is 5.76 Å². The van der Waals surface area contributed by atoms with Gasteiger partial charge in [0, 0.05) is 16.7 Å². The van der Waals surface area contributed by atoms with Crippen molar-refractivity contribution in [3.8, 4) is 11.3 Å². The zero-order valence-corrected chi connectivity index (χ0v) is 9.78. The Kier molecular flexibility index (Phi) is 2.73. The molecule has 0 aliphatic heterocycles. The molecule has 0 aliphatic carbocycles. The number of hydrogen-bond donors (Lipinski definition) is 1. The molecule has 0 saturated carbocycles. The molecule has 5 heteroatoms. The number of anilines is 1. The molecule has 0 spiro atoms. The van der Waals surface area contributed by atoms with Gasteiger partial charge in [-0.25, -0.2) is 4.98 Å². The smallest absolute Gasteiger partial charge is 0.170 e. The maximum atomic E-state index is 5.75. The molecule has 2 N–H and O–H groups in total. The fourth-order valence-corrected chi connectivity index (χ4v) is 1.58. The van der Waals surface area contributed by atoms with Gasteiger partial charge in [0.2, 0.25) is 0 Å². The number of aromatic nitrogens is 2. The number of aryl methyl sites for hydroxylation is 1. The molecule has 0 unspecified atom stereocenters. The molecule has 0 atom stereocenters. The zero-order chi connectivity index (χ0) is 10.8. The Morgan fingerprint density at radius 2 is 2.27 bits per heavy atom. The third-order valence-corrected chi connectivity index (χ3v) is 2.51. The Morgan fingerprint density at radius 1 is 1.47 bits per heavy atom. The second kappa shape index (κ2) is 4.02. The number of nitrogens with two attached hydrogens (primary N) is 1. The van der Waals surface area contributed by atoms with Crippen LogP contribution in [0.5, 0.6) is 0 Å². The second-order valence-corrected chi connectivity index (χ2v) is 4.04. The molecule has 2 aromatic heterocycles. The number of rotatable bonds is 2. The van der Waals surface area contributed by atoms with Gasteiger partial charge in [-0.3, -0.25) is 0 Å². The third kappa shape index (κ3) is 2.02. The molecule has 0 bridgehead atoms. The molecular weight excluding hydrogens is 258 g/mol. The molecule has 0 amide bonds. The molecule has 2 heterocycles. The topological polar surface area (TPSA) is 64.9 Å². The lowest BCUT2D eigenvalue weighted by Crippen LogP contribution is -1.92. The molecule has 15 heavy (non-hydrogen) atoms. The minimum absolute atomic E-state index is 0.442. The van der Waals surface area contributed by atoms with Crippen LogP contribution in [-0.4, -0.2) is 10.1 Å². The predicted molar refractivity (Wildman–Crippen MR) is 61.2 cm³/mol. The number of nitrogen functional groups attached to an aromatic ring is 1. The lowest BCUT2D eigenvalue weighted by molar-refractivity contribution is 0.424. The van der Waals surface area contributed by atoms with Gasteiger partial charge in [-0.2, -0.15) is 0 Å². The molecule has 2 aromatic rings. The Labute approximate surface area is 95.6 Å². The van der Waals surface area contributed by atoms with Crippen molar-refractivity contribution < 1.29 is 4.52 Å². The lowest BCUT2D eigenvalue weighted by Gasteiger charge is -2.00. The van der Waals surface area contributed by atoms with E-state index >= 15 is 0 Å². The first-order chi connectivity index (χ1) is 7.20. The van der Waals surface area contributed by atoms with Crippen molar-refractivity contribution in [3.05, 3.63) is 28.5 Å². The van der Waals surface area contributed by atoms with Gasteiger partial charge in [-0.15, -0.1) is 0 Å². The van der Waals surface area contributed by atoms with Gasteiger partial charge in [0.1, 0.15) is 5.82 Å². The van der Waals surface area contributed by atoms with E-state index in [-0.39, 0.29) is 0 Å². The van der Waals surface area contributed by atoms with Crippen molar-refractivity contribution in [1.29, 1.82) is 0 Å². The number of nitrogens with zero attached hydrogens (tertiary/aromatic N) is 2.